The second-order valence-corrected chi connectivity index (χ2v) is 8.04. The molecule has 0 radical (unpaired) electrons. The number of nitrogens with one attached hydrogen (secondary N) is 1. The van der Waals surface area contributed by atoms with E-state index >= 15 is 0 Å². The topological polar surface area (TPSA) is 50.8 Å². The Kier molecular flexibility index (Phi) is 6.07. The minimum absolute atomic E-state index is 0.0546. The summed E-state index contributed by atoms with van der Waals surface area (Å²) in [5.74, 6) is 0.708. The van der Waals surface area contributed by atoms with Gasteiger partial charge in [0.05, 0.1) is 19.3 Å². The number of hydrogen-bond donors (Lipinski definition) is 1. The fourth-order valence-corrected chi connectivity index (χ4v) is 4.69. The highest BCUT2D eigenvalue weighted by Crippen LogP contribution is 2.27. The van der Waals surface area contributed by atoms with Gasteiger partial charge in [-0.3, -0.25) is 9.69 Å². The van der Waals surface area contributed by atoms with Gasteiger partial charge in [-0.2, -0.15) is 0 Å². The highest BCUT2D eigenvalue weighted by atomic mass is 32.1. The summed E-state index contributed by atoms with van der Waals surface area (Å²) in [6.07, 6.45) is 3.48. The third-order valence-corrected chi connectivity index (χ3v) is 6.26. The number of hydrogen-bond acceptors (Lipinski definition) is 5. The van der Waals surface area contributed by atoms with Gasteiger partial charge in [0.15, 0.2) is 6.61 Å². The molecule has 1 N–H and O–H groups in total. The van der Waals surface area contributed by atoms with E-state index in [4.69, 9.17) is 9.47 Å². The summed E-state index contributed by atoms with van der Waals surface area (Å²) in [6, 6.07) is 10.6. The Labute approximate surface area is 164 Å². The minimum Gasteiger partial charge on any atom is -0.484 e. The third kappa shape index (κ3) is 4.69. The van der Waals surface area contributed by atoms with E-state index in [1.165, 1.54) is 22.4 Å². The minimum atomic E-state index is -0.0784. The highest BCUT2D eigenvalue weighted by molar-refractivity contribution is 7.10. The van der Waals surface area contributed by atoms with Gasteiger partial charge in [-0.05, 0) is 54.0 Å². The molecule has 5 nitrogen and oxygen atoms in total. The SMILES string of the molecule is O=C(COc1ccc2c(c1)CCC2)NCC(c1cccs1)N1CCOCC1. The molecule has 1 saturated heterocycles. The quantitative estimate of drug-likeness (QED) is 0.795. The van der Waals surface area contributed by atoms with E-state index in [2.05, 4.69) is 39.9 Å². The van der Waals surface area contributed by atoms with Crippen LogP contribution in [0.25, 0.3) is 0 Å². The van der Waals surface area contributed by atoms with Crippen LogP contribution in [0.15, 0.2) is 35.7 Å². The Morgan fingerprint density at radius 2 is 2.07 bits per heavy atom. The van der Waals surface area contributed by atoms with Crippen molar-refractivity contribution in [1.29, 1.82) is 0 Å². The van der Waals surface area contributed by atoms with E-state index in [1.54, 1.807) is 11.3 Å². The maximum absolute atomic E-state index is 12.3. The Hall–Kier alpha value is -1.89. The number of amides is 1. The van der Waals surface area contributed by atoms with Gasteiger partial charge in [0, 0.05) is 24.5 Å². The lowest BCUT2D eigenvalue weighted by molar-refractivity contribution is -0.123. The largest absolute Gasteiger partial charge is 0.484 e. The molecule has 144 valence electrons. The van der Waals surface area contributed by atoms with E-state index in [9.17, 15) is 4.79 Å². The molecule has 2 heterocycles. The van der Waals surface area contributed by atoms with E-state index < -0.39 is 0 Å². The average Bonchev–Trinajstić information content (AvgIpc) is 3.39. The number of fused-ring (bicyclic) bond motifs is 1. The molecule has 2 aliphatic rings. The van der Waals surface area contributed by atoms with Crippen LogP contribution in [0.4, 0.5) is 0 Å². The standard InChI is InChI=1S/C21H26N2O3S/c24-21(15-26-18-7-6-16-3-1-4-17(16)13-18)22-14-19(20-5-2-12-27-20)23-8-10-25-11-9-23/h2,5-7,12-13,19H,1,3-4,8-11,14-15H2,(H,22,24). The molecule has 1 aromatic heterocycles. The molecule has 1 unspecified atom stereocenters. The van der Waals surface area contributed by atoms with Gasteiger partial charge < -0.3 is 14.8 Å². The van der Waals surface area contributed by atoms with E-state index in [0.717, 1.165) is 44.9 Å². The van der Waals surface area contributed by atoms with Crippen LogP contribution in [-0.4, -0.2) is 50.3 Å². The third-order valence-electron chi connectivity index (χ3n) is 5.29. The molecule has 1 aliphatic carbocycles. The van der Waals surface area contributed by atoms with E-state index in [1.807, 2.05) is 6.07 Å². The molecule has 0 bridgehead atoms. The van der Waals surface area contributed by atoms with Crippen molar-refractivity contribution in [3.8, 4) is 5.75 Å². The molecule has 1 atom stereocenters. The summed E-state index contributed by atoms with van der Waals surface area (Å²) in [7, 11) is 0. The molecule has 6 heteroatoms. The first-order valence-corrected chi connectivity index (χ1v) is 10.5. The van der Waals surface area contributed by atoms with Gasteiger partial charge in [0.1, 0.15) is 5.75 Å². The Morgan fingerprint density at radius 3 is 2.89 bits per heavy atom. The number of aryl methyl sites for hydroxylation is 2. The van der Waals surface area contributed by atoms with Crippen LogP contribution < -0.4 is 10.1 Å². The normalized spacial score (nSPS) is 18.1. The number of morpholine rings is 1. The van der Waals surface area contributed by atoms with Crippen molar-refractivity contribution in [3.05, 3.63) is 51.7 Å². The Bertz CT molecular complexity index is 757. The van der Waals surface area contributed by atoms with Crippen molar-refractivity contribution in [2.24, 2.45) is 0 Å². The van der Waals surface area contributed by atoms with Gasteiger partial charge in [0.25, 0.3) is 5.91 Å². The van der Waals surface area contributed by atoms with Crippen LogP contribution >= 0.6 is 11.3 Å². The molecule has 27 heavy (non-hydrogen) atoms. The van der Waals surface area contributed by atoms with Crippen LogP contribution in [0.2, 0.25) is 0 Å². The summed E-state index contributed by atoms with van der Waals surface area (Å²) >= 11 is 1.73. The monoisotopic (exact) mass is 386 g/mol. The molecule has 0 saturated carbocycles. The molecule has 1 aromatic carbocycles. The highest BCUT2D eigenvalue weighted by Gasteiger charge is 2.24. The summed E-state index contributed by atoms with van der Waals surface area (Å²) < 4.78 is 11.2. The number of carbonyl (C=O) groups excluding carboxylic acids is 1. The first kappa shape index (κ1) is 18.5. The second kappa shape index (κ2) is 8.87. The number of ether oxygens (including phenoxy) is 2. The van der Waals surface area contributed by atoms with Crippen molar-refractivity contribution in [3.63, 3.8) is 0 Å². The lowest BCUT2D eigenvalue weighted by atomic mass is 10.1. The fourth-order valence-electron chi connectivity index (χ4n) is 3.83. The molecular formula is C21H26N2O3S. The smallest absolute Gasteiger partial charge is 0.258 e. The number of thiophene rings is 1. The number of carbonyl (C=O) groups is 1. The molecule has 1 fully saturated rings. The zero-order valence-electron chi connectivity index (χ0n) is 15.5. The molecule has 4 rings (SSSR count). The molecule has 1 amide bonds. The van der Waals surface area contributed by atoms with Crippen molar-refractivity contribution in [1.82, 2.24) is 10.2 Å². The van der Waals surface area contributed by atoms with Gasteiger partial charge in [-0.1, -0.05) is 12.1 Å². The van der Waals surface area contributed by atoms with Crippen LogP contribution in [0.3, 0.4) is 0 Å². The first-order chi connectivity index (χ1) is 13.3. The number of nitrogens with zero attached hydrogens (tertiary/aromatic N) is 1. The lowest BCUT2D eigenvalue weighted by Gasteiger charge is -2.34. The summed E-state index contributed by atoms with van der Waals surface area (Å²) in [4.78, 5) is 16.0. The van der Waals surface area contributed by atoms with E-state index in [-0.39, 0.29) is 18.6 Å². The van der Waals surface area contributed by atoms with Crippen LogP contribution in [-0.2, 0) is 22.4 Å². The Morgan fingerprint density at radius 1 is 1.22 bits per heavy atom. The van der Waals surface area contributed by atoms with Gasteiger partial charge in [0.2, 0.25) is 0 Å². The Balaban J connectivity index is 1.30. The predicted molar refractivity (Wildman–Crippen MR) is 106 cm³/mol. The fraction of sp³-hybridized carbons (Fsp3) is 0.476. The van der Waals surface area contributed by atoms with Crippen LogP contribution in [0.5, 0.6) is 5.75 Å². The second-order valence-electron chi connectivity index (χ2n) is 7.06. The van der Waals surface area contributed by atoms with Crippen molar-refractivity contribution in [2.75, 3.05) is 39.5 Å². The van der Waals surface area contributed by atoms with Crippen molar-refractivity contribution in [2.45, 2.75) is 25.3 Å². The predicted octanol–water partition coefficient (Wildman–Crippen LogP) is 2.81. The molecule has 2 aromatic rings. The maximum atomic E-state index is 12.3. The summed E-state index contributed by atoms with van der Waals surface area (Å²) in [5, 5.41) is 5.14. The molecular weight excluding hydrogens is 360 g/mol. The number of rotatable bonds is 7. The van der Waals surface area contributed by atoms with Gasteiger partial charge >= 0.3 is 0 Å². The van der Waals surface area contributed by atoms with Crippen molar-refractivity contribution < 1.29 is 14.3 Å². The van der Waals surface area contributed by atoms with Gasteiger partial charge in [-0.25, -0.2) is 0 Å². The molecule has 1 aliphatic heterocycles. The van der Waals surface area contributed by atoms with E-state index in [0.29, 0.717) is 6.54 Å². The zero-order chi connectivity index (χ0) is 18.5. The van der Waals surface area contributed by atoms with Gasteiger partial charge in [-0.15, -0.1) is 11.3 Å². The summed E-state index contributed by atoms with van der Waals surface area (Å²) in [6.45, 7) is 3.93. The average molecular weight is 387 g/mol. The van der Waals surface area contributed by atoms with Crippen LogP contribution in [0, 0.1) is 0 Å². The van der Waals surface area contributed by atoms with Crippen molar-refractivity contribution >= 4 is 17.2 Å². The lowest BCUT2D eigenvalue weighted by Crippen LogP contribution is -2.44. The first-order valence-electron chi connectivity index (χ1n) is 9.66. The maximum Gasteiger partial charge on any atom is 0.258 e. The van der Waals surface area contributed by atoms with Crippen LogP contribution in [0.1, 0.15) is 28.5 Å². The number of benzene rings is 1. The zero-order valence-corrected chi connectivity index (χ0v) is 16.3. The summed E-state index contributed by atoms with van der Waals surface area (Å²) in [5.41, 5.74) is 2.77. The molecule has 0 spiro atoms.